The Morgan fingerprint density at radius 3 is 2.51 bits per heavy atom. The molecule has 2 aromatic heterocycles. The van der Waals surface area contributed by atoms with Crippen LogP contribution in [0.2, 0.25) is 5.02 Å². The Labute approximate surface area is 264 Å². The quantitative estimate of drug-likeness (QED) is 0.232. The molecule has 0 bridgehead atoms. The number of alkyl halides is 5. The molecule has 242 valence electrons. The molecule has 45 heavy (non-hydrogen) atoms. The van der Waals surface area contributed by atoms with Crippen LogP contribution in [0.5, 0.6) is 0 Å². The molecule has 5 atom stereocenters. The van der Waals surface area contributed by atoms with Gasteiger partial charge in [0.05, 0.1) is 28.5 Å². The van der Waals surface area contributed by atoms with E-state index in [9.17, 15) is 36.6 Å². The third-order valence-corrected chi connectivity index (χ3v) is 8.45. The van der Waals surface area contributed by atoms with Crippen molar-refractivity contribution in [2.45, 2.75) is 56.9 Å². The minimum absolute atomic E-state index is 0.0483. The summed E-state index contributed by atoms with van der Waals surface area (Å²) in [5.41, 5.74) is -0.608. The van der Waals surface area contributed by atoms with Crippen molar-refractivity contribution >= 4 is 27.5 Å². The third kappa shape index (κ3) is 6.59. The van der Waals surface area contributed by atoms with Gasteiger partial charge in [-0.25, -0.2) is 17.9 Å². The molecule has 0 spiro atoms. The molecular weight excluding hydrogens is 702 g/mol. The minimum Gasteiger partial charge on any atom is -0.394 e. The lowest BCUT2D eigenvalue weighted by molar-refractivity contribution is -0.229. The van der Waals surface area contributed by atoms with E-state index in [0.29, 0.717) is 11.1 Å². The van der Waals surface area contributed by atoms with Gasteiger partial charge in [-0.15, -0.1) is 15.3 Å². The number of nitrogens with zero attached hydrogens (tertiary/aromatic N) is 6. The summed E-state index contributed by atoms with van der Waals surface area (Å²) in [4.78, 5) is 0. The number of benzene rings is 2. The van der Waals surface area contributed by atoms with Crippen LogP contribution >= 0.6 is 27.5 Å². The molecule has 0 unspecified atom stereocenters. The molecule has 18 heteroatoms. The molecular formula is C27H24BrClF6N6O4. The first-order chi connectivity index (χ1) is 21.2. The Kier molecular flexibility index (Phi) is 9.58. The fourth-order valence-electron chi connectivity index (χ4n) is 5.19. The van der Waals surface area contributed by atoms with Crippen molar-refractivity contribution in [3.63, 3.8) is 0 Å². The first kappa shape index (κ1) is 33.3. The molecule has 0 amide bonds. The second-order valence-corrected chi connectivity index (χ2v) is 11.5. The third-order valence-electron chi connectivity index (χ3n) is 7.21. The van der Waals surface area contributed by atoms with Gasteiger partial charge in [0.25, 0.3) is 6.43 Å². The maximum atomic E-state index is 14.5. The van der Waals surface area contributed by atoms with Gasteiger partial charge in [0.1, 0.15) is 54.4 Å². The first-order valence-electron chi connectivity index (χ1n) is 13.2. The second-order valence-electron chi connectivity index (χ2n) is 10.2. The van der Waals surface area contributed by atoms with E-state index in [0.717, 1.165) is 27.4 Å². The molecule has 0 radical (unpaired) electrons. The van der Waals surface area contributed by atoms with Gasteiger partial charge in [0.15, 0.2) is 5.82 Å². The molecule has 2 aromatic carbocycles. The number of aromatic nitrogens is 6. The lowest BCUT2D eigenvalue weighted by Gasteiger charge is -2.43. The number of halogens is 8. The van der Waals surface area contributed by atoms with Gasteiger partial charge in [-0.05, 0) is 65.7 Å². The molecule has 0 saturated carbocycles. The van der Waals surface area contributed by atoms with Crippen molar-refractivity contribution in [2.75, 3.05) is 13.2 Å². The summed E-state index contributed by atoms with van der Waals surface area (Å²) < 4.78 is 97.4. The zero-order valence-corrected chi connectivity index (χ0v) is 25.6. The van der Waals surface area contributed by atoms with Gasteiger partial charge >= 0.3 is 6.18 Å². The van der Waals surface area contributed by atoms with E-state index in [4.69, 9.17) is 21.1 Å². The van der Waals surface area contributed by atoms with Crippen LogP contribution in [0.25, 0.3) is 16.9 Å². The van der Waals surface area contributed by atoms with Crippen molar-refractivity contribution in [3.05, 3.63) is 74.6 Å². The Hall–Kier alpha value is -3.09. The normalized spacial score (nSPS) is 22.4. The summed E-state index contributed by atoms with van der Waals surface area (Å²) >= 11 is 9.20. The molecule has 0 aliphatic carbocycles. The predicted octanol–water partition coefficient (Wildman–Crippen LogP) is 5.40. The Morgan fingerprint density at radius 2 is 1.87 bits per heavy atom. The fourth-order valence-corrected chi connectivity index (χ4v) is 5.59. The molecule has 5 rings (SSSR count). The summed E-state index contributed by atoms with van der Waals surface area (Å²) in [6, 6.07) is 4.23. The molecule has 1 saturated heterocycles. The molecule has 1 aliphatic rings. The van der Waals surface area contributed by atoms with E-state index in [2.05, 4.69) is 36.4 Å². The van der Waals surface area contributed by atoms with Crippen LogP contribution in [-0.2, 0) is 15.7 Å². The average molecular weight is 726 g/mol. The smallest absolute Gasteiger partial charge is 0.394 e. The molecule has 10 nitrogen and oxygen atoms in total. The number of aryl methyl sites for hydroxylation is 2. The van der Waals surface area contributed by atoms with Crippen LogP contribution in [-0.4, -0.2) is 77.9 Å². The van der Waals surface area contributed by atoms with Gasteiger partial charge in [-0.3, -0.25) is 4.57 Å². The van der Waals surface area contributed by atoms with Crippen LogP contribution in [0.1, 0.15) is 34.9 Å². The molecule has 1 aliphatic heterocycles. The Morgan fingerprint density at radius 1 is 1.13 bits per heavy atom. The second kappa shape index (κ2) is 13.0. The van der Waals surface area contributed by atoms with Gasteiger partial charge in [-0.2, -0.15) is 13.2 Å². The number of hydrogen-bond donors (Lipinski definition) is 2. The van der Waals surface area contributed by atoms with E-state index in [-0.39, 0.29) is 26.8 Å². The maximum absolute atomic E-state index is 14.5. The Bertz CT molecular complexity index is 1660. The minimum atomic E-state index is -4.85. The van der Waals surface area contributed by atoms with Gasteiger partial charge in [-0.1, -0.05) is 16.8 Å². The summed E-state index contributed by atoms with van der Waals surface area (Å²) in [7, 11) is 0. The number of aliphatic hydroxyl groups is 2. The SMILES string of the molecule is Cc1cc(-c2cn([C@H]3[C@@H](O)[C@@H](CO)O[C@@H](c4nnc(C)n4-c4cc(Cl)ccc4C(F)(F)F)[C@@H]3OCC(F)F)nn2)cc(F)c1Br. The van der Waals surface area contributed by atoms with Gasteiger partial charge in [0, 0.05) is 10.6 Å². The monoisotopic (exact) mass is 724 g/mol. The van der Waals surface area contributed by atoms with E-state index in [1.807, 2.05) is 0 Å². The summed E-state index contributed by atoms with van der Waals surface area (Å²) in [5, 5.41) is 37.3. The van der Waals surface area contributed by atoms with Crippen molar-refractivity contribution in [1.29, 1.82) is 0 Å². The lowest BCUT2D eigenvalue weighted by Crippen LogP contribution is -2.54. The van der Waals surface area contributed by atoms with Gasteiger partial charge < -0.3 is 19.7 Å². The summed E-state index contributed by atoms with van der Waals surface area (Å²) in [5.74, 6) is -0.952. The summed E-state index contributed by atoms with van der Waals surface area (Å²) in [6.07, 6.45) is -12.8. The van der Waals surface area contributed by atoms with E-state index < -0.39 is 73.3 Å². The van der Waals surface area contributed by atoms with Crippen molar-refractivity contribution in [3.8, 4) is 16.9 Å². The van der Waals surface area contributed by atoms with Crippen LogP contribution in [0, 0.1) is 19.7 Å². The van der Waals surface area contributed by atoms with Gasteiger partial charge in [0.2, 0.25) is 0 Å². The van der Waals surface area contributed by atoms with Crippen LogP contribution in [0.15, 0.2) is 41.0 Å². The number of ether oxygens (including phenoxy) is 2. The van der Waals surface area contributed by atoms with Crippen molar-refractivity contribution in [2.24, 2.45) is 0 Å². The highest BCUT2D eigenvalue weighted by molar-refractivity contribution is 9.10. The predicted molar refractivity (Wildman–Crippen MR) is 149 cm³/mol. The molecule has 4 aromatic rings. The lowest BCUT2D eigenvalue weighted by atomic mass is 9.91. The molecule has 1 fully saturated rings. The van der Waals surface area contributed by atoms with E-state index in [1.165, 1.54) is 19.2 Å². The largest absolute Gasteiger partial charge is 0.418 e. The molecule has 2 N–H and O–H groups in total. The molecule has 3 heterocycles. The highest BCUT2D eigenvalue weighted by Gasteiger charge is 2.50. The highest BCUT2D eigenvalue weighted by Crippen LogP contribution is 2.43. The van der Waals surface area contributed by atoms with Crippen LogP contribution < -0.4 is 0 Å². The number of rotatable bonds is 8. The standard InChI is InChI=1S/C27H24BrClF6N6O4/c1-11-5-13(6-16(30)21(11)28)17-8-40(39-37-17)22-23(43)19(9-42)45-25(24(22)44-10-20(31)32)26-38-36-12(2)41(26)18-7-14(29)3-4-15(18)27(33,34)35/h3-8,19-20,22-25,42-43H,9-10H2,1-2H3/t19-,22+,23+,24-,25-/m1/s1. The van der Waals surface area contributed by atoms with Crippen LogP contribution in [0.4, 0.5) is 26.3 Å². The maximum Gasteiger partial charge on any atom is 0.418 e. The first-order valence-corrected chi connectivity index (χ1v) is 14.4. The zero-order valence-electron chi connectivity index (χ0n) is 23.3. The topological polar surface area (TPSA) is 120 Å². The zero-order chi connectivity index (χ0) is 32.8. The average Bonchev–Trinajstić information content (AvgIpc) is 3.60. The number of aliphatic hydroxyl groups excluding tert-OH is 2. The van der Waals surface area contributed by atoms with Crippen molar-refractivity contribution < 1.29 is 46.0 Å². The van der Waals surface area contributed by atoms with E-state index in [1.54, 1.807) is 13.0 Å². The highest BCUT2D eigenvalue weighted by atomic mass is 79.9. The van der Waals surface area contributed by atoms with Crippen LogP contribution in [0.3, 0.4) is 0 Å². The number of hydrogen-bond acceptors (Lipinski definition) is 8. The van der Waals surface area contributed by atoms with Crippen molar-refractivity contribution in [1.82, 2.24) is 29.8 Å². The Balaban J connectivity index is 1.65. The van der Waals surface area contributed by atoms with E-state index >= 15 is 0 Å². The summed E-state index contributed by atoms with van der Waals surface area (Å²) in [6.45, 7) is 1.03. The fraction of sp³-hybridized carbons (Fsp3) is 0.407.